The first-order chi connectivity index (χ1) is 30.4. The maximum absolute atomic E-state index is 13.4. The number of likely N-dealkylation sites (tertiary alicyclic amines) is 1. The molecule has 0 radical (unpaired) electrons. The maximum atomic E-state index is 13.4. The number of ether oxygens (including phenoxy) is 4. The van der Waals surface area contributed by atoms with Crippen LogP contribution in [-0.4, -0.2) is 131 Å². The number of aryl methyl sites for hydroxylation is 1. The Labute approximate surface area is 362 Å². The maximum Gasteiger partial charge on any atom is 0.290 e. The van der Waals surface area contributed by atoms with Crippen molar-refractivity contribution >= 4 is 46.8 Å². The van der Waals surface area contributed by atoms with Crippen LogP contribution in [0.25, 0.3) is 21.9 Å². The van der Waals surface area contributed by atoms with Crippen LogP contribution in [0.15, 0.2) is 59.8 Å². The number of benzene rings is 2. The third-order valence-electron chi connectivity index (χ3n) is 12.1. The number of fused-ring (bicyclic) bond motifs is 2. The Balaban J connectivity index is 0.00000193. The fourth-order valence-electron chi connectivity index (χ4n) is 8.86. The van der Waals surface area contributed by atoms with Crippen LogP contribution in [0.3, 0.4) is 0 Å². The molecular formula is C45H50N6O12. The number of rotatable bonds is 12. The van der Waals surface area contributed by atoms with Crippen molar-refractivity contribution in [2.24, 2.45) is 7.05 Å². The number of hydrogen-bond acceptors (Lipinski definition) is 13. The summed E-state index contributed by atoms with van der Waals surface area (Å²) < 4.78 is 25.7. The topological polar surface area (TPSA) is 216 Å². The number of pyridine rings is 2. The molecule has 2 N–H and O–H groups in total. The molecule has 0 aliphatic carbocycles. The van der Waals surface area contributed by atoms with E-state index in [0.717, 1.165) is 52.9 Å². The van der Waals surface area contributed by atoms with Crippen LogP contribution in [-0.2, 0) is 37.5 Å². The highest BCUT2D eigenvalue weighted by molar-refractivity contribution is 6.24. The zero-order chi connectivity index (χ0) is 44.8. The number of aromatic nitrogens is 2. The molecule has 4 aromatic rings. The molecule has 18 nitrogen and oxygen atoms in total. The molecule has 18 heteroatoms. The summed E-state index contributed by atoms with van der Waals surface area (Å²) in [6, 6.07) is 9.52. The van der Waals surface area contributed by atoms with Gasteiger partial charge in [-0.15, -0.1) is 0 Å². The first-order valence-corrected chi connectivity index (χ1v) is 20.8. The van der Waals surface area contributed by atoms with Gasteiger partial charge in [0.15, 0.2) is 0 Å². The van der Waals surface area contributed by atoms with E-state index in [0.29, 0.717) is 62.4 Å². The van der Waals surface area contributed by atoms with Crippen LogP contribution in [0, 0.1) is 0 Å². The molecule has 1 atom stereocenters. The normalized spacial score (nSPS) is 18.4. The van der Waals surface area contributed by atoms with E-state index in [1.807, 2.05) is 29.3 Å². The quantitative estimate of drug-likeness (QED) is 0.119. The third-order valence-corrected chi connectivity index (χ3v) is 12.1. The van der Waals surface area contributed by atoms with Crippen LogP contribution in [0.2, 0.25) is 0 Å². The predicted octanol–water partition coefficient (Wildman–Crippen LogP) is 3.16. The van der Waals surface area contributed by atoms with E-state index in [4.69, 9.17) is 28.8 Å². The van der Waals surface area contributed by atoms with Crippen molar-refractivity contribution in [2.75, 3.05) is 53.6 Å². The molecule has 1 spiro atoms. The van der Waals surface area contributed by atoms with E-state index in [9.17, 15) is 28.8 Å². The smallest absolute Gasteiger partial charge is 0.290 e. The predicted molar refractivity (Wildman–Crippen MR) is 226 cm³/mol. The Morgan fingerprint density at radius 1 is 0.968 bits per heavy atom. The third kappa shape index (κ3) is 9.13. The summed E-state index contributed by atoms with van der Waals surface area (Å²) in [6.45, 7) is 3.61. The number of imide groups is 2. The summed E-state index contributed by atoms with van der Waals surface area (Å²) in [6.07, 6.45) is 8.17. The van der Waals surface area contributed by atoms with Crippen LogP contribution >= 0.6 is 0 Å². The lowest BCUT2D eigenvalue weighted by Crippen LogP contribution is -2.57. The molecule has 0 bridgehead atoms. The van der Waals surface area contributed by atoms with Crippen molar-refractivity contribution in [2.45, 2.75) is 63.1 Å². The molecule has 0 saturated carbocycles. The lowest BCUT2D eigenvalue weighted by Gasteiger charge is -2.47. The minimum Gasteiger partial charge on any atom is -0.496 e. The van der Waals surface area contributed by atoms with Crippen molar-refractivity contribution in [3.8, 4) is 28.4 Å². The van der Waals surface area contributed by atoms with Gasteiger partial charge in [-0.3, -0.25) is 53.7 Å². The first kappa shape index (κ1) is 44.4. The summed E-state index contributed by atoms with van der Waals surface area (Å²) in [4.78, 5) is 94.5. The molecule has 2 aromatic carbocycles. The van der Waals surface area contributed by atoms with Crippen LogP contribution < -0.4 is 25.1 Å². The number of hydrogen-bond donors (Lipinski definition) is 2. The lowest BCUT2D eigenvalue weighted by molar-refractivity contribution is -0.159. The van der Waals surface area contributed by atoms with Gasteiger partial charge in [0.25, 0.3) is 23.8 Å². The molecule has 3 fully saturated rings. The van der Waals surface area contributed by atoms with Gasteiger partial charge in [0.1, 0.15) is 23.3 Å². The summed E-state index contributed by atoms with van der Waals surface area (Å²) in [5.41, 5.74) is 2.37. The summed E-state index contributed by atoms with van der Waals surface area (Å²) in [7, 11) is 5.01. The van der Waals surface area contributed by atoms with E-state index in [1.165, 1.54) is 6.07 Å². The first-order valence-electron chi connectivity index (χ1n) is 20.8. The van der Waals surface area contributed by atoms with Gasteiger partial charge >= 0.3 is 0 Å². The monoisotopic (exact) mass is 866 g/mol. The molecular weight excluding hydrogens is 817 g/mol. The Morgan fingerprint density at radius 3 is 2.40 bits per heavy atom. The lowest BCUT2D eigenvalue weighted by atomic mass is 9.88. The Morgan fingerprint density at radius 2 is 1.70 bits per heavy atom. The van der Waals surface area contributed by atoms with Crippen molar-refractivity contribution in [1.29, 1.82) is 0 Å². The fourth-order valence-corrected chi connectivity index (χ4v) is 8.86. The number of methoxy groups -OCH3 is 2. The van der Waals surface area contributed by atoms with Gasteiger partial charge < -0.3 is 33.5 Å². The largest absolute Gasteiger partial charge is 0.496 e. The minimum atomic E-state index is -1.06. The minimum absolute atomic E-state index is 0.0396. The van der Waals surface area contributed by atoms with Crippen LogP contribution in [0.4, 0.5) is 0 Å². The zero-order valence-corrected chi connectivity index (χ0v) is 35.4. The summed E-state index contributed by atoms with van der Waals surface area (Å²) >= 11 is 0. The fraction of sp³-hybridized carbons (Fsp3) is 0.422. The number of carboxylic acid groups (broad SMARTS) is 1. The number of nitrogens with zero attached hydrogens (tertiary/aromatic N) is 5. The molecule has 4 aliphatic rings. The molecule has 8 rings (SSSR count). The van der Waals surface area contributed by atoms with Crippen molar-refractivity contribution < 1.29 is 52.8 Å². The van der Waals surface area contributed by atoms with Gasteiger partial charge in [0.05, 0.1) is 55.1 Å². The van der Waals surface area contributed by atoms with E-state index in [1.54, 1.807) is 50.4 Å². The second kappa shape index (κ2) is 19.2. The summed E-state index contributed by atoms with van der Waals surface area (Å²) in [5, 5.41) is 10.4. The molecule has 63 heavy (non-hydrogen) atoms. The number of unbranched alkanes of at least 4 members (excludes halogenated alkanes) is 1. The molecule has 1 unspecified atom stereocenters. The number of carbonyl (C=O) groups excluding carboxylic acids is 5. The van der Waals surface area contributed by atoms with Gasteiger partial charge in [-0.1, -0.05) is 6.07 Å². The summed E-state index contributed by atoms with van der Waals surface area (Å²) in [5.74, 6) is -0.646. The van der Waals surface area contributed by atoms with Gasteiger partial charge in [-0.2, -0.15) is 0 Å². The number of amides is 5. The van der Waals surface area contributed by atoms with Crippen LogP contribution in [0.5, 0.6) is 17.2 Å². The Kier molecular flexibility index (Phi) is 13.5. The SMILES string of the molecule is COc1cc(-c2cn(C)c(=O)c3cnccc23)cc(OC)c1CN1CCC2(CC1)CN(C(=O)CCCCOc1cccc3c1C(=O)N(C1CCC(=O)NC1=O)C3=O)CCO2.O=CO. The highest BCUT2D eigenvalue weighted by Crippen LogP contribution is 2.40. The molecule has 4 aliphatic heterocycles. The number of carbonyl (C=O) groups is 6. The standard InChI is InChI=1S/C44H48N6O10.CH2O2/c1-47-24-31(28-12-15-45-23-30(28)41(47)54)27-21-35(57-2)32(36(22-27)58-3)25-48-16-13-44(14-17-48)26-49(18-20-60-44)38(52)9-4-5-19-59-34-8-6-7-29-39(34)43(56)50(42(29)55)33-10-11-37(51)46-40(33)53;2-1-3/h6-8,12,15,21-24,33H,4-5,9-11,13-14,16-20,25-26H2,1-3H3,(H,46,51,53);1H,(H,2,3). The molecule has 5 amide bonds. The van der Waals surface area contributed by atoms with Crippen molar-refractivity contribution in [3.63, 3.8) is 0 Å². The molecule has 6 heterocycles. The zero-order valence-electron chi connectivity index (χ0n) is 35.4. The van der Waals surface area contributed by atoms with E-state index >= 15 is 0 Å². The van der Waals surface area contributed by atoms with Gasteiger partial charge in [0.2, 0.25) is 17.7 Å². The average molecular weight is 867 g/mol. The second-order valence-electron chi connectivity index (χ2n) is 15.9. The average Bonchev–Trinajstić information content (AvgIpc) is 3.54. The molecule has 3 saturated heterocycles. The van der Waals surface area contributed by atoms with Crippen LogP contribution in [0.1, 0.15) is 71.2 Å². The number of morpholine rings is 1. The van der Waals surface area contributed by atoms with Gasteiger partial charge in [-0.25, -0.2) is 0 Å². The Hall–Kier alpha value is -6.66. The van der Waals surface area contributed by atoms with E-state index < -0.39 is 35.3 Å². The van der Waals surface area contributed by atoms with E-state index in [-0.39, 0.29) is 54.3 Å². The number of piperidine rings is 2. The van der Waals surface area contributed by atoms with Crippen molar-refractivity contribution in [1.82, 2.24) is 29.6 Å². The molecule has 2 aromatic heterocycles. The van der Waals surface area contributed by atoms with Crippen molar-refractivity contribution in [3.05, 3.63) is 82.0 Å². The van der Waals surface area contributed by atoms with E-state index in [2.05, 4.69) is 15.2 Å². The highest BCUT2D eigenvalue weighted by atomic mass is 16.5. The van der Waals surface area contributed by atoms with Gasteiger partial charge in [-0.05, 0) is 73.4 Å². The highest BCUT2D eigenvalue weighted by Gasteiger charge is 2.46. The molecule has 332 valence electrons. The second-order valence-corrected chi connectivity index (χ2v) is 15.9. The number of nitrogens with one attached hydrogen (secondary N) is 1. The Bertz CT molecular complexity index is 2470. The van der Waals surface area contributed by atoms with Gasteiger partial charge in [0, 0.05) is 76.8 Å².